The van der Waals surface area contributed by atoms with Crippen molar-refractivity contribution in [2.24, 2.45) is 0 Å². The average molecular weight is 287 g/mol. The Morgan fingerprint density at radius 3 is 2.84 bits per heavy atom. The molecule has 0 saturated carbocycles. The van der Waals surface area contributed by atoms with Crippen LogP contribution in [0.3, 0.4) is 0 Å². The number of likely N-dealkylation sites (N-methyl/N-ethyl adjacent to an activating group) is 1. The lowest BCUT2D eigenvalue weighted by Crippen LogP contribution is -2.27. The number of anilines is 1. The molecule has 0 spiro atoms. The maximum atomic E-state index is 11.5. The summed E-state index contributed by atoms with van der Waals surface area (Å²) < 4.78 is 1.86. The highest BCUT2D eigenvalue weighted by Gasteiger charge is 2.05. The topological polar surface area (TPSA) is 50.2 Å². The van der Waals surface area contributed by atoms with Crippen molar-refractivity contribution in [2.45, 2.75) is 33.2 Å². The molecule has 0 unspecified atom stereocenters. The number of aromatic nitrogens is 2. The summed E-state index contributed by atoms with van der Waals surface area (Å²) in [6.45, 7) is 8.18. The molecule has 108 valence electrons. The van der Waals surface area contributed by atoms with Crippen LogP contribution in [0.15, 0.2) is 12.4 Å². The summed E-state index contributed by atoms with van der Waals surface area (Å²) in [6, 6.07) is 0. The molecule has 0 aromatic carbocycles. The highest BCUT2D eigenvalue weighted by atomic mass is 35.5. The SMILES string of the molecule is CCN(CC)CCn1cc(NC(=O)CCCCl)cn1. The Morgan fingerprint density at radius 1 is 1.47 bits per heavy atom. The number of carbonyl (C=O) groups is 1. The van der Waals surface area contributed by atoms with Gasteiger partial charge in [0.05, 0.1) is 18.4 Å². The summed E-state index contributed by atoms with van der Waals surface area (Å²) in [7, 11) is 0. The molecule has 19 heavy (non-hydrogen) atoms. The summed E-state index contributed by atoms with van der Waals surface area (Å²) in [4.78, 5) is 13.9. The monoisotopic (exact) mass is 286 g/mol. The number of alkyl halides is 1. The fourth-order valence-corrected chi connectivity index (χ4v) is 1.92. The second-order valence-corrected chi connectivity index (χ2v) is 4.74. The molecule has 1 aromatic rings. The number of halogens is 1. The van der Waals surface area contributed by atoms with Gasteiger partial charge in [-0.05, 0) is 19.5 Å². The minimum atomic E-state index is -0.0102. The molecule has 1 heterocycles. The van der Waals surface area contributed by atoms with Crippen molar-refractivity contribution >= 4 is 23.2 Å². The number of amides is 1. The maximum Gasteiger partial charge on any atom is 0.224 e. The predicted octanol–water partition coefficient (Wildman–Crippen LogP) is 2.18. The van der Waals surface area contributed by atoms with E-state index in [4.69, 9.17) is 11.6 Å². The minimum absolute atomic E-state index is 0.0102. The van der Waals surface area contributed by atoms with Crippen LogP contribution in [0.25, 0.3) is 0 Å². The Balaban J connectivity index is 2.37. The van der Waals surface area contributed by atoms with Crippen LogP contribution in [0, 0.1) is 0 Å². The Kier molecular flexibility index (Phi) is 7.52. The molecule has 0 aliphatic carbocycles. The molecular formula is C13H23ClN4O. The van der Waals surface area contributed by atoms with Crippen molar-refractivity contribution < 1.29 is 4.79 Å². The standard InChI is InChI=1S/C13H23ClN4O/c1-3-17(4-2)8-9-18-11-12(10-15-18)16-13(19)6-5-7-14/h10-11H,3-9H2,1-2H3,(H,16,19). The van der Waals surface area contributed by atoms with Gasteiger partial charge in [0, 0.05) is 25.0 Å². The van der Waals surface area contributed by atoms with Gasteiger partial charge in [-0.1, -0.05) is 13.8 Å². The summed E-state index contributed by atoms with van der Waals surface area (Å²) in [5.74, 6) is 0.500. The third kappa shape index (κ3) is 6.07. The summed E-state index contributed by atoms with van der Waals surface area (Å²) in [5.41, 5.74) is 0.749. The molecule has 1 amide bonds. The Morgan fingerprint density at radius 2 is 2.21 bits per heavy atom. The number of rotatable bonds is 9. The molecular weight excluding hydrogens is 264 g/mol. The first-order chi connectivity index (χ1) is 9.19. The first-order valence-electron chi connectivity index (χ1n) is 6.80. The van der Waals surface area contributed by atoms with Crippen molar-refractivity contribution in [3.63, 3.8) is 0 Å². The van der Waals surface area contributed by atoms with Crippen LogP contribution in [0.4, 0.5) is 5.69 Å². The highest BCUT2D eigenvalue weighted by molar-refractivity contribution is 6.18. The van der Waals surface area contributed by atoms with Crippen LogP contribution >= 0.6 is 11.6 Å². The van der Waals surface area contributed by atoms with Gasteiger partial charge in [0.15, 0.2) is 0 Å². The zero-order chi connectivity index (χ0) is 14.1. The number of carbonyl (C=O) groups excluding carboxylic acids is 1. The van der Waals surface area contributed by atoms with Crippen molar-refractivity contribution in [1.29, 1.82) is 0 Å². The van der Waals surface area contributed by atoms with E-state index in [2.05, 4.69) is 29.2 Å². The molecule has 1 aromatic heterocycles. The predicted molar refractivity (Wildman–Crippen MR) is 78.6 cm³/mol. The van der Waals surface area contributed by atoms with Gasteiger partial charge in [0.25, 0.3) is 0 Å². The van der Waals surface area contributed by atoms with E-state index in [-0.39, 0.29) is 5.91 Å². The van der Waals surface area contributed by atoms with E-state index in [1.807, 2.05) is 10.9 Å². The third-order valence-corrected chi connectivity index (χ3v) is 3.26. The van der Waals surface area contributed by atoms with E-state index in [0.717, 1.165) is 31.9 Å². The largest absolute Gasteiger partial charge is 0.323 e. The van der Waals surface area contributed by atoms with Gasteiger partial charge in [-0.3, -0.25) is 9.48 Å². The average Bonchev–Trinajstić information content (AvgIpc) is 2.85. The highest BCUT2D eigenvalue weighted by Crippen LogP contribution is 2.06. The summed E-state index contributed by atoms with van der Waals surface area (Å²) in [5, 5.41) is 7.06. The van der Waals surface area contributed by atoms with Crippen molar-refractivity contribution in [2.75, 3.05) is 30.8 Å². The van der Waals surface area contributed by atoms with E-state index in [0.29, 0.717) is 18.7 Å². The van der Waals surface area contributed by atoms with Gasteiger partial charge in [-0.2, -0.15) is 5.10 Å². The van der Waals surface area contributed by atoms with Gasteiger partial charge in [-0.25, -0.2) is 0 Å². The van der Waals surface area contributed by atoms with E-state index in [1.165, 1.54) is 0 Å². The summed E-state index contributed by atoms with van der Waals surface area (Å²) >= 11 is 5.55. The molecule has 0 aliphatic heterocycles. The maximum absolute atomic E-state index is 11.5. The lowest BCUT2D eigenvalue weighted by Gasteiger charge is -2.17. The van der Waals surface area contributed by atoms with Crippen LogP contribution in [0.5, 0.6) is 0 Å². The Bertz CT molecular complexity index is 376. The first kappa shape index (κ1) is 16.0. The fourth-order valence-electron chi connectivity index (χ4n) is 1.78. The van der Waals surface area contributed by atoms with E-state index in [1.54, 1.807) is 6.20 Å². The van der Waals surface area contributed by atoms with Gasteiger partial charge in [-0.15, -0.1) is 11.6 Å². The van der Waals surface area contributed by atoms with Gasteiger partial charge in [0.2, 0.25) is 5.91 Å². The number of nitrogens with zero attached hydrogens (tertiary/aromatic N) is 3. The zero-order valence-corrected chi connectivity index (χ0v) is 12.5. The normalized spacial score (nSPS) is 10.9. The van der Waals surface area contributed by atoms with Crippen LogP contribution < -0.4 is 5.32 Å². The van der Waals surface area contributed by atoms with Crippen molar-refractivity contribution in [3.05, 3.63) is 12.4 Å². The second kappa shape index (κ2) is 8.93. The molecule has 0 saturated heterocycles. The van der Waals surface area contributed by atoms with Gasteiger partial charge >= 0.3 is 0 Å². The number of nitrogens with one attached hydrogen (secondary N) is 1. The molecule has 0 aliphatic rings. The van der Waals surface area contributed by atoms with Crippen LogP contribution in [0.2, 0.25) is 0 Å². The zero-order valence-electron chi connectivity index (χ0n) is 11.7. The van der Waals surface area contributed by atoms with Crippen molar-refractivity contribution in [3.8, 4) is 0 Å². The van der Waals surface area contributed by atoms with E-state index >= 15 is 0 Å². The van der Waals surface area contributed by atoms with Crippen molar-refractivity contribution in [1.82, 2.24) is 14.7 Å². The van der Waals surface area contributed by atoms with Gasteiger partial charge < -0.3 is 10.2 Å². The smallest absolute Gasteiger partial charge is 0.224 e. The molecule has 5 nitrogen and oxygen atoms in total. The molecule has 0 radical (unpaired) electrons. The summed E-state index contributed by atoms with van der Waals surface area (Å²) in [6.07, 6.45) is 4.69. The lowest BCUT2D eigenvalue weighted by molar-refractivity contribution is -0.116. The molecule has 0 fully saturated rings. The molecule has 1 N–H and O–H groups in total. The van der Waals surface area contributed by atoms with Crippen LogP contribution in [-0.4, -0.2) is 46.1 Å². The Hall–Kier alpha value is -1.07. The number of hydrogen-bond donors (Lipinski definition) is 1. The molecule has 0 bridgehead atoms. The minimum Gasteiger partial charge on any atom is -0.323 e. The molecule has 6 heteroatoms. The third-order valence-electron chi connectivity index (χ3n) is 2.99. The van der Waals surface area contributed by atoms with Crippen LogP contribution in [-0.2, 0) is 11.3 Å². The van der Waals surface area contributed by atoms with E-state index in [9.17, 15) is 4.79 Å². The van der Waals surface area contributed by atoms with Gasteiger partial charge in [0.1, 0.15) is 0 Å². The molecule has 0 atom stereocenters. The van der Waals surface area contributed by atoms with E-state index < -0.39 is 0 Å². The van der Waals surface area contributed by atoms with Crippen LogP contribution in [0.1, 0.15) is 26.7 Å². The first-order valence-corrected chi connectivity index (χ1v) is 7.33. The fraction of sp³-hybridized carbons (Fsp3) is 0.692. The Labute approximate surface area is 119 Å². The second-order valence-electron chi connectivity index (χ2n) is 4.36. The number of hydrogen-bond acceptors (Lipinski definition) is 3. The molecule has 1 rings (SSSR count). The lowest BCUT2D eigenvalue weighted by atomic mass is 10.3. The quantitative estimate of drug-likeness (QED) is 0.708.